The molecule has 0 heterocycles. The molecule has 3 N–H and O–H groups in total. The van der Waals surface area contributed by atoms with Gasteiger partial charge in [0.15, 0.2) is 0 Å². The number of unbranched alkanes of at least 4 members (excludes halogenated alkanes) is 1. The lowest BCUT2D eigenvalue weighted by atomic mass is 9.70. The molecule has 3 heteroatoms. The van der Waals surface area contributed by atoms with E-state index < -0.39 is 0 Å². The number of aromatic hydroxyl groups is 2. The van der Waals surface area contributed by atoms with Crippen LogP contribution in [0.5, 0.6) is 11.5 Å². The van der Waals surface area contributed by atoms with E-state index in [1.165, 1.54) is 18.4 Å². The summed E-state index contributed by atoms with van der Waals surface area (Å²) >= 11 is 0. The zero-order chi connectivity index (χ0) is 22.5. The highest BCUT2D eigenvalue weighted by atomic mass is 16.3. The molecule has 0 aliphatic heterocycles. The Balaban J connectivity index is 2.48. The van der Waals surface area contributed by atoms with Crippen LogP contribution in [0, 0.1) is 17.3 Å². The molecule has 0 bridgehead atoms. The predicted octanol–water partition coefficient (Wildman–Crippen LogP) is 7.40. The number of rotatable bonds is 10. The lowest BCUT2D eigenvalue weighted by molar-refractivity contribution is 0.183. The first kappa shape index (κ1) is 24.8. The van der Waals surface area contributed by atoms with Gasteiger partial charge in [0.05, 0.1) is 12.2 Å². The minimum atomic E-state index is -0.355. The highest BCUT2D eigenvalue weighted by molar-refractivity contribution is 5.79. The van der Waals surface area contributed by atoms with Crippen molar-refractivity contribution in [3.8, 4) is 11.5 Å². The molecule has 0 saturated heterocycles. The van der Waals surface area contributed by atoms with Crippen LogP contribution in [0.2, 0.25) is 0 Å². The number of hydrogen-bond donors (Lipinski definition) is 3. The van der Waals surface area contributed by atoms with Crippen LogP contribution in [-0.2, 0) is 0 Å². The van der Waals surface area contributed by atoms with Gasteiger partial charge in [-0.1, -0.05) is 79.2 Å². The monoisotopic (exact) mass is 416 g/mol. The molecule has 0 spiro atoms. The first-order valence-corrected chi connectivity index (χ1v) is 12.1. The zero-order valence-electron chi connectivity index (χ0n) is 20.1. The average Bonchev–Trinajstić information content (AvgIpc) is 2.71. The first-order valence-electron chi connectivity index (χ1n) is 12.1. The Morgan fingerprint density at radius 1 is 1.07 bits per heavy atom. The van der Waals surface area contributed by atoms with Gasteiger partial charge in [0.1, 0.15) is 11.5 Å². The molecule has 1 aromatic rings. The third-order valence-electron chi connectivity index (χ3n) is 7.38. The topological polar surface area (TPSA) is 60.7 Å². The Morgan fingerprint density at radius 3 is 2.23 bits per heavy atom. The highest BCUT2D eigenvalue weighted by Gasteiger charge is 2.33. The number of phenols is 2. The summed E-state index contributed by atoms with van der Waals surface area (Å²) in [6.07, 6.45) is 8.72. The van der Waals surface area contributed by atoms with E-state index in [-0.39, 0.29) is 29.4 Å². The Kier molecular flexibility index (Phi) is 8.85. The minimum absolute atomic E-state index is 0.0653. The molecular weight excluding hydrogens is 372 g/mol. The van der Waals surface area contributed by atoms with Crippen molar-refractivity contribution < 1.29 is 15.3 Å². The largest absolute Gasteiger partial charge is 0.507 e. The van der Waals surface area contributed by atoms with Crippen LogP contribution < -0.4 is 0 Å². The Bertz CT molecular complexity index is 709. The summed E-state index contributed by atoms with van der Waals surface area (Å²) in [6, 6.07) is 3.73. The summed E-state index contributed by atoms with van der Waals surface area (Å²) in [7, 11) is 0. The Morgan fingerprint density at radius 2 is 1.70 bits per heavy atom. The van der Waals surface area contributed by atoms with Crippen molar-refractivity contribution in [1.82, 2.24) is 0 Å². The summed E-state index contributed by atoms with van der Waals surface area (Å²) in [4.78, 5) is 0. The fourth-order valence-electron chi connectivity index (χ4n) is 5.07. The molecule has 30 heavy (non-hydrogen) atoms. The fraction of sp³-hybridized carbons (Fsp3) is 0.704. The third kappa shape index (κ3) is 5.60. The molecule has 1 aliphatic carbocycles. The normalized spacial score (nSPS) is 19.8. The lowest BCUT2D eigenvalue weighted by Gasteiger charge is -2.36. The first-order chi connectivity index (χ1) is 14.2. The number of phenolic OH excluding ortho intramolecular Hbond substituents is 2. The van der Waals surface area contributed by atoms with E-state index >= 15 is 0 Å². The van der Waals surface area contributed by atoms with Gasteiger partial charge in [0.25, 0.3) is 0 Å². The maximum absolute atomic E-state index is 11.0. The smallest absolute Gasteiger partial charge is 0.127 e. The molecule has 0 saturated carbocycles. The van der Waals surface area contributed by atoms with Crippen LogP contribution in [0.15, 0.2) is 17.7 Å². The van der Waals surface area contributed by atoms with Crippen LogP contribution in [0.4, 0.5) is 0 Å². The van der Waals surface area contributed by atoms with Gasteiger partial charge in [0.2, 0.25) is 0 Å². The predicted molar refractivity (Wildman–Crippen MR) is 127 cm³/mol. The molecule has 3 nitrogen and oxygen atoms in total. The fourth-order valence-corrected chi connectivity index (χ4v) is 5.07. The Labute approximate surface area is 184 Å². The van der Waals surface area contributed by atoms with E-state index in [0.717, 1.165) is 49.7 Å². The van der Waals surface area contributed by atoms with Crippen molar-refractivity contribution in [3.63, 3.8) is 0 Å². The van der Waals surface area contributed by atoms with Crippen LogP contribution in [0.25, 0.3) is 5.57 Å². The number of allylic oxidation sites excluding steroid dienone is 1. The second-order valence-electron chi connectivity index (χ2n) is 10.2. The van der Waals surface area contributed by atoms with Gasteiger partial charge in [-0.05, 0) is 60.3 Å². The second-order valence-corrected chi connectivity index (χ2v) is 10.2. The molecule has 3 unspecified atom stereocenters. The van der Waals surface area contributed by atoms with Crippen molar-refractivity contribution >= 4 is 5.57 Å². The van der Waals surface area contributed by atoms with Crippen LogP contribution >= 0.6 is 0 Å². The van der Waals surface area contributed by atoms with Crippen LogP contribution in [0.3, 0.4) is 0 Å². The molecule has 0 fully saturated rings. The van der Waals surface area contributed by atoms with Crippen molar-refractivity contribution in [2.45, 2.75) is 98.8 Å². The van der Waals surface area contributed by atoms with E-state index in [1.807, 2.05) is 12.1 Å². The molecule has 0 aromatic heterocycles. The maximum Gasteiger partial charge on any atom is 0.127 e. The summed E-state index contributed by atoms with van der Waals surface area (Å²) in [5.74, 6) is 1.70. The van der Waals surface area contributed by atoms with Gasteiger partial charge >= 0.3 is 0 Å². The van der Waals surface area contributed by atoms with Gasteiger partial charge in [-0.3, -0.25) is 0 Å². The number of hydrogen-bond acceptors (Lipinski definition) is 3. The summed E-state index contributed by atoms with van der Waals surface area (Å²) in [5, 5.41) is 32.1. The van der Waals surface area contributed by atoms with Gasteiger partial charge in [-0.15, -0.1) is 0 Å². The number of benzene rings is 1. The van der Waals surface area contributed by atoms with Crippen LogP contribution in [0.1, 0.15) is 110 Å². The average molecular weight is 417 g/mol. The van der Waals surface area contributed by atoms with Crippen molar-refractivity contribution in [2.75, 3.05) is 6.61 Å². The van der Waals surface area contributed by atoms with E-state index in [4.69, 9.17) is 0 Å². The molecule has 0 amide bonds. The summed E-state index contributed by atoms with van der Waals surface area (Å²) in [6.45, 7) is 13.0. The Hall–Kier alpha value is -1.48. The summed E-state index contributed by atoms with van der Waals surface area (Å²) < 4.78 is 0. The molecular formula is C27H44O3. The lowest BCUT2D eigenvalue weighted by Crippen LogP contribution is -2.25. The molecule has 0 radical (unpaired) electrons. The number of aliphatic hydroxyl groups excluding tert-OH is 1. The van der Waals surface area contributed by atoms with Gasteiger partial charge in [0, 0.05) is 5.41 Å². The molecule has 3 atom stereocenters. The van der Waals surface area contributed by atoms with Crippen LogP contribution in [-0.4, -0.2) is 21.9 Å². The van der Waals surface area contributed by atoms with E-state index in [1.54, 1.807) is 0 Å². The molecule has 2 rings (SSSR count). The third-order valence-corrected chi connectivity index (χ3v) is 7.38. The van der Waals surface area contributed by atoms with Crippen molar-refractivity contribution in [1.29, 1.82) is 0 Å². The summed E-state index contributed by atoms with van der Waals surface area (Å²) in [5.41, 5.74) is 3.46. The quantitative estimate of drug-likeness (QED) is 0.372. The molecule has 1 aliphatic rings. The SMILES string of the molecule is CCCCC(C)C(C)c1cc(O)c(C2=C(C(C)(C)CO)CCC(CCC)C2)c(O)c1. The molecule has 170 valence electrons. The minimum Gasteiger partial charge on any atom is -0.507 e. The number of aliphatic hydroxyl groups is 1. The van der Waals surface area contributed by atoms with Gasteiger partial charge in [-0.25, -0.2) is 0 Å². The van der Waals surface area contributed by atoms with Gasteiger partial charge in [-0.2, -0.15) is 0 Å². The van der Waals surface area contributed by atoms with Crippen molar-refractivity contribution in [2.24, 2.45) is 17.3 Å². The molecule has 1 aromatic carbocycles. The highest BCUT2D eigenvalue weighted by Crippen LogP contribution is 2.49. The van der Waals surface area contributed by atoms with Crippen molar-refractivity contribution in [3.05, 3.63) is 28.8 Å². The van der Waals surface area contributed by atoms with E-state index in [0.29, 0.717) is 17.4 Å². The van der Waals surface area contributed by atoms with E-state index in [2.05, 4.69) is 41.5 Å². The van der Waals surface area contributed by atoms with E-state index in [9.17, 15) is 15.3 Å². The standard InChI is InChI=1S/C27H44O3/c1-7-9-11-18(3)19(4)21-15-24(29)26(25(30)16-21)22-14-20(10-8-2)12-13-23(22)27(5,6)17-28/h15-16,18-20,28-30H,7-14,17H2,1-6H3. The second kappa shape index (κ2) is 10.7. The van der Waals surface area contributed by atoms with Gasteiger partial charge < -0.3 is 15.3 Å². The zero-order valence-corrected chi connectivity index (χ0v) is 20.1. The maximum atomic E-state index is 11.0.